The van der Waals surface area contributed by atoms with Crippen LogP contribution in [0.3, 0.4) is 0 Å². The standard InChI is InChI=1S/C15H25NO12/c1-4(18)16-6-7(19)10(5(3-17)26-14(6)24)27-15-9(21)8(20)11(25-2)12(28-15)13(22)23/h5-12,14-15,17,19-21,24H,3H2,1-2H3,(H,16,18)(H,22,23)/t5?,6?,7-,8-,9?,10-,11+,12?,14-,15-/m1/s1. The van der Waals surface area contributed by atoms with E-state index in [9.17, 15) is 40.2 Å². The highest BCUT2D eigenvalue weighted by molar-refractivity contribution is 5.73. The molecule has 28 heavy (non-hydrogen) atoms. The monoisotopic (exact) mass is 411 g/mol. The number of carbonyl (C=O) groups is 2. The van der Waals surface area contributed by atoms with Gasteiger partial charge in [0.25, 0.3) is 0 Å². The van der Waals surface area contributed by atoms with Crippen LogP contribution in [0, 0.1) is 0 Å². The second-order valence-electron chi connectivity index (χ2n) is 6.51. The molecular formula is C15H25NO12. The van der Waals surface area contributed by atoms with E-state index in [-0.39, 0.29) is 0 Å². The third-order valence-electron chi connectivity index (χ3n) is 4.59. The van der Waals surface area contributed by atoms with E-state index in [1.54, 1.807) is 0 Å². The average molecular weight is 411 g/mol. The van der Waals surface area contributed by atoms with Crippen LogP contribution in [0.15, 0.2) is 0 Å². The second-order valence-corrected chi connectivity index (χ2v) is 6.51. The van der Waals surface area contributed by atoms with Gasteiger partial charge in [-0.1, -0.05) is 0 Å². The van der Waals surface area contributed by atoms with Crippen LogP contribution in [0.5, 0.6) is 0 Å². The van der Waals surface area contributed by atoms with Gasteiger partial charge in [0.2, 0.25) is 5.91 Å². The summed E-state index contributed by atoms with van der Waals surface area (Å²) < 4.78 is 20.6. The number of aliphatic hydroxyl groups excluding tert-OH is 5. The first-order chi connectivity index (χ1) is 13.1. The third-order valence-corrected chi connectivity index (χ3v) is 4.59. The second kappa shape index (κ2) is 9.39. The van der Waals surface area contributed by atoms with Gasteiger partial charge in [0.1, 0.15) is 42.7 Å². The molecule has 13 heteroatoms. The van der Waals surface area contributed by atoms with Crippen molar-refractivity contribution in [3.8, 4) is 0 Å². The Balaban J connectivity index is 2.22. The van der Waals surface area contributed by atoms with Gasteiger partial charge in [0.05, 0.1) is 6.61 Å². The fraction of sp³-hybridized carbons (Fsp3) is 0.867. The number of hydrogen-bond acceptors (Lipinski definition) is 11. The molecule has 0 spiro atoms. The SMILES string of the molecule is CO[C@@H]1C(C(=O)O)O[C@@H](O[C@@H]2C(CO)O[C@@H](O)C(NC(C)=O)[C@H]2O)C(O)[C@H]1O. The largest absolute Gasteiger partial charge is 0.479 e. The minimum atomic E-state index is -1.77. The summed E-state index contributed by atoms with van der Waals surface area (Å²) in [6.07, 6.45) is -14.3. The first-order valence-electron chi connectivity index (χ1n) is 8.44. The van der Waals surface area contributed by atoms with Gasteiger partial charge in [-0.2, -0.15) is 0 Å². The summed E-state index contributed by atoms with van der Waals surface area (Å²) in [4.78, 5) is 22.6. The zero-order valence-corrected chi connectivity index (χ0v) is 15.1. The van der Waals surface area contributed by atoms with E-state index in [4.69, 9.17) is 18.9 Å². The van der Waals surface area contributed by atoms with Gasteiger partial charge in [-0.25, -0.2) is 4.79 Å². The molecule has 13 nitrogen and oxygen atoms in total. The van der Waals surface area contributed by atoms with E-state index in [0.717, 1.165) is 14.0 Å². The van der Waals surface area contributed by atoms with E-state index in [2.05, 4.69) is 5.32 Å². The summed E-state index contributed by atoms with van der Waals surface area (Å²) in [5, 5.41) is 61.7. The number of hydrogen-bond donors (Lipinski definition) is 7. The van der Waals surface area contributed by atoms with Crippen LogP contribution in [0.1, 0.15) is 6.92 Å². The number of aliphatic hydroxyl groups is 5. The molecule has 2 heterocycles. The summed E-state index contributed by atoms with van der Waals surface area (Å²) in [6, 6.07) is -1.34. The predicted octanol–water partition coefficient (Wildman–Crippen LogP) is -4.51. The lowest BCUT2D eigenvalue weighted by Crippen LogP contribution is -2.67. The number of carboxylic acid groups (broad SMARTS) is 1. The van der Waals surface area contributed by atoms with Gasteiger partial charge in [0.15, 0.2) is 18.7 Å². The van der Waals surface area contributed by atoms with Crippen molar-refractivity contribution < 1.29 is 59.2 Å². The van der Waals surface area contributed by atoms with E-state index in [1.165, 1.54) is 0 Å². The van der Waals surface area contributed by atoms with Crippen molar-refractivity contribution in [1.29, 1.82) is 0 Å². The minimum Gasteiger partial charge on any atom is -0.479 e. The van der Waals surface area contributed by atoms with E-state index in [1.807, 2.05) is 0 Å². The fourth-order valence-electron chi connectivity index (χ4n) is 3.21. The van der Waals surface area contributed by atoms with Crippen molar-refractivity contribution in [2.24, 2.45) is 0 Å². The Labute approximate surface area is 159 Å². The molecule has 2 rings (SSSR count). The molecule has 4 unspecified atom stereocenters. The Morgan fingerprint density at radius 3 is 2.18 bits per heavy atom. The van der Waals surface area contributed by atoms with Gasteiger partial charge in [-0.15, -0.1) is 0 Å². The predicted molar refractivity (Wildman–Crippen MR) is 85.6 cm³/mol. The molecule has 2 aliphatic rings. The quantitative estimate of drug-likeness (QED) is 0.221. The highest BCUT2D eigenvalue weighted by atomic mass is 16.7. The van der Waals surface area contributed by atoms with Crippen LogP contribution >= 0.6 is 0 Å². The number of amides is 1. The molecule has 0 saturated carbocycles. The molecule has 1 amide bonds. The lowest BCUT2D eigenvalue weighted by molar-refractivity contribution is -0.341. The third kappa shape index (κ3) is 4.59. The van der Waals surface area contributed by atoms with Crippen molar-refractivity contribution in [1.82, 2.24) is 5.32 Å². The van der Waals surface area contributed by atoms with Crippen molar-refractivity contribution in [2.45, 2.75) is 68.3 Å². The summed E-state index contributed by atoms with van der Waals surface area (Å²) in [7, 11) is 1.13. The zero-order chi connectivity index (χ0) is 21.2. The summed E-state index contributed by atoms with van der Waals surface area (Å²) in [6.45, 7) is 0.417. The maximum absolute atomic E-state index is 11.4. The van der Waals surface area contributed by atoms with Gasteiger partial charge in [-0.3, -0.25) is 4.79 Å². The molecule has 10 atom stereocenters. The maximum atomic E-state index is 11.4. The van der Waals surface area contributed by atoms with Crippen molar-refractivity contribution in [3.05, 3.63) is 0 Å². The highest BCUT2D eigenvalue weighted by Gasteiger charge is 2.52. The summed E-state index contributed by atoms with van der Waals surface area (Å²) >= 11 is 0. The Morgan fingerprint density at radius 1 is 1.04 bits per heavy atom. The molecule has 2 fully saturated rings. The Bertz CT molecular complexity index is 561. The van der Waals surface area contributed by atoms with Crippen LogP contribution in [0.2, 0.25) is 0 Å². The van der Waals surface area contributed by atoms with Crippen molar-refractivity contribution in [2.75, 3.05) is 13.7 Å². The molecule has 0 bridgehead atoms. The van der Waals surface area contributed by atoms with Crippen LogP contribution < -0.4 is 5.32 Å². The van der Waals surface area contributed by atoms with Crippen LogP contribution in [-0.4, -0.2) is 118 Å². The smallest absolute Gasteiger partial charge is 0.335 e. The van der Waals surface area contributed by atoms with E-state index >= 15 is 0 Å². The Kier molecular flexibility index (Phi) is 7.66. The molecule has 0 aliphatic carbocycles. The number of methoxy groups -OCH3 is 1. The van der Waals surface area contributed by atoms with Gasteiger partial charge >= 0.3 is 5.97 Å². The summed E-state index contributed by atoms with van der Waals surface area (Å²) in [5.41, 5.74) is 0. The molecular weight excluding hydrogens is 386 g/mol. The van der Waals surface area contributed by atoms with Crippen molar-refractivity contribution >= 4 is 11.9 Å². The lowest BCUT2D eigenvalue weighted by Gasteiger charge is -2.46. The van der Waals surface area contributed by atoms with Crippen LogP contribution in [0.25, 0.3) is 0 Å². The first kappa shape index (κ1) is 22.9. The number of carbonyl (C=O) groups excluding carboxylic acids is 1. The van der Waals surface area contributed by atoms with E-state index < -0.39 is 79.8 Å². The van der Waals surface area contributed by atoms with E-state index in [0.29, 0.717) is 0 Å². The number of aliphatic carboxylic acids is 1. The van der Waals surface area contributed by atoms with Crippen molar-refractivity contribution in [3.63, 3.8) is 0 Å². The minimum absolute atomic E-state index is 0.592. The fourth-order valence-corrected chi connectivity index (χ4v) is 3.21. The number of ether oxygens (including phenoxy) is 4. The molecule has 162 valence electrons. The molecule has 0 aromatic carbocycles. The number of carboxylic acids is 1. The Hall–Kier alpha value is -1.42. The number of nitrogens with one attached hydrogen (secondary N) is 1. The normalized spacial score (nSPS) is 44.1. The highest BCUT2D eigenvalue weighted by Crippen LogP contribution is 2.29. The van der Waals surface area contributed by atoms with Gasteiger partial charge < -0.3 is 54.9 Å². The van der Waals surface area contributed by atoms with Crippen LogP contribution in [-0.2, 0) is 28.5 Å². The molecule has 0 radical (unpaired) electrons. The maximum Gasteiger partial charge on any atom is 0.335 e. The number of rotatable bonds is 6. The average Bonchev–Trinajstić information content (AvgIpc) is 2.63. The molecule has 0 aromatic heterocycles. The first-order valence-corrected chi connectivity index (χ1v) is 8.44. The summed E-state index contributed by atoms with van der Waals surface area (Å²) in [5.74, 6) is -2.08. The molecule has 7 N–H and O–H groups in total. The van der Waals surface area contributed by atoms with Gasteiger partial charge in [-0.05, 0) is 0 Å². The topological polar surface area (TPSA) is 204 Å². The van der Waals surface area contributed by atoms with Crippen LogP contribution in [0.4, 0.5) is 0 Å². The molecule has 2 saturated heterocycles. The molecule has 0 aromatic rings. The lowest BCUT2D eigenvalue weighted by atomic mass is 9.95. The zero-order valence-electron chi connectivity index (χ0n) is 15.1. The van der Waals surface area contributed by atoms with Gasteiger partial charge in [0, 0.05) is 14.0 Å². The Morgan fingerprint density at radius 2 is 1.68 bits per heavy atom. The molecule has 2 aliphatic heterocycles.